The fraction of sp³-hybridized carbons (Fsp3) is 0.500. The van der Waals surface area contributed by atoms with Crippen molar-refractivity contribution in [3.05, 3.63) is 11.6 Å². The quantitative estimate of drug-likeness (QED) is 0.575. The SMILES string of the molecule is CC1=CC=NNC1C(F)(F)F. The molecule has 0 radical (unpaired) electrons. The molecule has 1 unspecified atom stereocenters. The third kappa shape index (κ3) is 1.72. The van der Waals surface area contributed by atoms with Crippen molar-refractivity contribution >= 4 is 6.21 Å². The van der Waals surface area contributed by atoms with E-state index in [0.717, 1.165) is 0 Å². The van der Waals surface area contributed by atoms with Crippen molar-refractivity contribution in [2.75, 3.05) is 0 Å². The Morgan fingerprint density at radius 2 is 2.18 bits per heavy atom. The maximum atomic E-state index is 12.0. The smallest absolute Gasteiger partial charge is 0.294 e. The zero-order chi connectivity index (χ0) is 8.48. The van der Waals surface area contributed by atoms with Crippen molar-refractivity contribution in [3.63, 3.8) is 0 Å². The summed E-state index contributed by atoms with van der Waals surface area (Å²) in [5, 5.41) is 3.30. The average molecular weight is 164 g/mol. The molecule has 1 aliphatic rings. The number of halogens is 3. The maximum absolute atomic E-state index is 12.0. The number of hydrazone groups is 1. The third-order valence-electron chi connectivity index (χ3n) is 1.40. The molecule has 0 saturated heterocycles. The summed E-state index contributed by atoms with van der Waals surface area (Å²) < 4.78 is 36.0. The maximum Gasteiger partial charge on any atom is 0.414 e. The van der Waals surface area contributed by atoms with Gasteiger partial charge in [-0.1, -0.05) is 0 Å². The van der Waals surface area contributed by atoms with Gasteiger partial charge < -0.3 is 0 Å². The lowest BCUT2D eigenvalue weighted by molar-refractivity contribution is -0.147. The Hall–Kier alpha value is -1.00. The second kappa shape index (κ2) is 2.56. The van der Waals surface area contributed by atoms with Gasteiger partial charge in [0.2, 0.25) is 0 Å². The van der Waals surface area contributed by atoms with E-state index >= 15 is 0 Å². The van der Waals surface area contributed by atoms with Crippen LogP contribution in [0.4, 0.5) is 13.2 Å². The molecule has 11 heavy (non-hydrogen) atoms. The Balaban J connectivity index is 2.76. The lowest BCUT2D eigenvalue weighted by atomic mass is 10.1. The van der Waals surface area contributed by atoms with Gasteiger partial charge in [0.25, 0.3) is 0 Å². The highest BCUT2D eigenvalue weighted by atomic mass is 19.4. The topological polar surface area (TPSA) is 24.4 Å². The predicted molar refractivity (Wildman–Crippen MR) is 35.2 cm³/mol. The summed E-state index contributed by atoms with van der Waals surface area (Å²) in [6.07, 6.45) is -1.61. The van der Waals surface area contributed by atoms with Crippen molar-refractivity contribution in [1.29, 1.82) is 0 Å². The average Bonchev–Trinajstić information content (AvgIpc) is 1.86. The van der Waals surface area contributed by atoms with E-state index in [1.807, 2.05) is 5.43 Å². The third-order valence-corrected chi connectivity index (χ3v) is 1.40. The summed E-state index contributed by atoms with van der Waals surface area (Å²) in [4.78, 5) is 0. The van der Waals surface area contributed by atoms with Gasteiger partial charge in [-0.25, -0.2) is 0 Å². The minimum Gasteiger partial charge on any atom is -0.294 e. The Bertz CT molecular complexity index is 204. The molecular formula is C6H7F3N2. The molecule has 1 atom stereocenters. The molecule has 0 spiro atoms. The van der Waals surface area contributed by atoms with E-state index in [0.29, 0.717) is 0 Å². The van der Waals surface area contributed by atoms with Crippen LogP contribution in [0.15, 0.2) is 16.8 Å². The van der Waals surface area contributed by atoms with E-state index in [9.17, 15) is 13.2 Å². The minimum absolute atomic E-state index is 0.229. The molecule has 5 heteroatoms. The molecule has 1 rings (SSSR count). The summed E-state index contributed by atoms with van der Waals surface area (Å²) in [6, 6.07) is -1.62. The molecule has 0 aromatic carbocycles. The number of alkyl halides is 3. The van der Waals surface area contributed by atoms with Gasteiger partial charge in [-0.2, -0.15) is 18.3 Å². The Morgan fingerprint density at radius 1 is 1.55 bits per heavy atom. The Morgan fingerprint density at radius 3 is 2.55 bits per heavy atom. The van der Waals surface area contributed by atoms with Crippen LogP contribution in [0.25, 0.3) is 0 Å². The summed E-state index contributed by atoms with van der Waals surface area (Å²) >= 11 is 0. The lowest BCUT2D eigenvalue weighted by Gasteiger charge is -2.22. The number of nitrogens with zero attached hydrogens (tertiary/aromatic N) is 1. The summed E-state index contributed by atoms with van der Waals surface area (Å²) in [6.45, 7) is 1.41. The van der Waals surface area contributed by atoms with Gasteiger partial charge in [-0.3, -0.25) is 5.43 Å². The van der Waals surface area contributed by atoms with Crippen LogP contribution in [0.5, 0.6) is 0 Å². The van der Waals surface area contributed by atoms with E-state index in [1.165, 1.54) is 19.2 Å². The highest BCUT2D eigenvalue weighted by Gasteiger charge is 2.41. The van der Waals surface area contributed by atoms with Gasteiger partial charge in [-0.15, -0.1) is 0 Å². The fourth-order valence-corrected chi connectivity index (χ4v) is 0.802. The molecule has 1 N–H and O–H groups in total. The van der Waals surface area contributed by atoms with E-state index in [-0.39, 0.29) is 5.57 Å². The lowest BCUT2D eigenvalue weighted by Crippen LogP contribution is -2.41. The molecule has 0 aliphatic carbocycles. The van der Waals surface area contributed by atoms with Crippen LogP contribution in [-0.4, -0.2) is 18.4 Å². The molecule has 1 heterocycles. The number of allylic oxidation sites excluding steroid dienone is 1. The van der Waals surface area contributed by atoms with Crippen LogP contribution in [0.1, 0.15) is 6.92 Å². The molecule has 0 aromatic rings. The number of nitrogens with one attached hydrogen (secondary N) is 1. The first kappa shape index (κ1) is 8.10. The fourth-order valence-electron chi connectivity index (χ4n) is 0.802. The van der Waals surface area contributed by atoms with Crippen molar-refractivity contribution in [1.82, 2.24) is 5.43 Å². The van der Waals surface area contributed by atoms with Gasteiger partial charge in [0.1, 0.15) is 0 Å². The van der Waals surface area contributed by atoms with Gasteiger partial charge in [0.05, 0.1) is 0 Å². The van der Waals surface area contributed by atoms with Crippen molar-refractivity contribution in [3.8, 4) is 0 Å². The van der Waals surface area contributed by atoms with Crippen LogP contribution < -0.4 is 5.43 Å². The predicted octanol–water partition coefficient (Wildman–Crippen LogP) is 1.45. The standard InChI is InChI=1S/C6H7F3N2/c1-4-2-3-10-11-5(4)6(7,8)9/h2-3,5,11H,1H3. The number of rotatable bonds is 0. The van der Waals surface area contributed by atoms with E-state index in [2.05, 4.69) is 5.10 Å². The summed E-state index contributed by atoms with van der Waals surface area (Å²) in [5.74, 6) is 0. The molecule has 1 aliphatic heterocycles. The molecular weight excluding hydrogens is 157 g/mol. The van der Waals surface area contributed by atoms with E-state index in [1.54, 1.807) is 0 Å². The van der Waals surface area contributed by atoms with Crippen LogP contribution in [0.2, 0.25) is 0 Å². The normalized spacial score (nSPS) is 24.4. The molecule has 0 amide bonds. The van der Waals surface area contributed by atoms with Crippen molar-refractivity contribution < 1.29 is 13.2 Å². The first-order valence-electron chi connectivity index (χ1n) is 3.04. The van der Waals surface area contributed by atoms with Crippen LogP contribution in [-0.2, 0) is 0 Å². The second-order valence-electron chi connectivity index (χ2n) is 2.29. The zero-order valence-electron chi connectivity index (χ0n) is 5.81. The van der Waals surface area contributed by atoms with Gasteiger partial charge in [0.15, 0.2) is 6.04 Å². The molecule has 0 saturated carbocycles. The van der Waals surface area contributed by atoms with Gasteiger partial charge in [0, 0.05) is 6.21 Å². The van der Waals surface area contributed by atoms with E-state index in [4.69, 9.17) is 0 Å². The first-order chi connectivity index (χ1) is 5.02. The van der Waals surface area contributed by atoms with Gasteiger partial charge in [-0.05, 0) is 18.6 Å². The molecule has 0 aromatic heterocycles. The van der Waals surface area contributed by atoms with E-state index < -0.39 is 12.2 Å². The summed E-state index contributed by atoms with van der Waals surface area (Å²) in [7, 11) is 0. The van der Waals surface area contributed by atoms with Crippen molar-refractivity contribution in [2.45, 2.75) is 19.1 Å². The van der Waals surface area contributed by atoms with Crippen LogP contribution >= 0.6 is 0 Å². The summed E-state index contributed by atoms with van der Waals surface area (Å²) in [5.41, 5.74) is 2.21. The Kier molecular flexibility index (Phi) is 1.89. The second-order valence-corrected chi connectivity index (χ2v) is 2.29. The number of hydrogen-bond donors (Lipinski definition) is 1. The monoisotopic (exact) mass is 164 g/mol. The van der Waals surface area contributed by atoms with Crippen LogP contribution in [0, 0.1) is 0 Å². The molecule has 0 bridgehead atoms. The van der Waals surface area contributed by atoms with Crippen LogP contribution in [0.3, 0.4) is 0 Å². The minimum atomic E-state index is -4.25. The van der Waals surface area contributed by atoms with Gasteiger partial charge >= 0.3 is 6.18 Å². The Labute approximate surface area is 61.8 Å². The highest BCUT2D eigenvalue weighted by Crippen LogP contribution is 2.25. The highest BCUT2D eigenvalue weighted by molar-refractivity contribution is 5.73. The molecule has 2 nitrogen and oxygen atoms in total. The largest absolute Gasteiger partial charge is 0.414 e. The van der Waals surface area contributed by atoms with Crippen molar-refractivity contribution in [2.24, 2.45) is 5.10 Å². The molecule has 0 fully saturated rings. The molecule has 62 valence electrons. The first-order valence-corrected chi connectivity index (χ1v) is 3.04. The number of hydrogen-bond acceptors (Lipinski definition) is 2. The zero-order valence-corrected chi connectivity index (χ0v) is 5.81.